The van der Waals surface area contributed by atoms with Gasteiger partial charge in [-0.05, 0) is 17.9 Å². The Balaban J connectivity index is 2.66. The molecule has 0 spiro atoms. The standard InChI is InChI=1S/C15H20N2O5/c1-10(2)8-13(15(19)22-3)16-14(18)9-11-4-6-12(7-5-11)17(20)21/h4-7,10,13H,8-9H2,1-3H3,(H,16,18)/t13-/m0/s1. The number of rotatable bonds is 7. The number of nitrogens with one attached hydrogen (secondary N) is 1. The quantitative estimate of drug-likeness (QED) is 0.471. The Kier molecular flexibility index (Phi) is 6.49. The molecule has 22 heavy (non-hydrogen) atoms. The minimum Gasteiger partial charge on any atom is -0.467 e. The molecule has 0 aliphatic heterocycles. The second-order valence-electron chi connectivity index (χ2n) is 5.37. The van der Waals surface area contributed by atoms with Crippen LogP contribution < -0.4 is 5.32 Å². The molecule has 0 saturated heterocycles. The van der Waals surface area contributed by atoms with Gasteiger partial charge in [-0.2, -0.15) is 0 Å². The molecule has 0 saturated carbocycles. The molecule has 1 aromatic carbocycles. The van der Waals surface area contributed by atoms with Crippen LogP contribution in [0.15, 0.2) is 24.3 Å². The number of ether oxygens (including phenoxy) is 1. The van der Waals surface area contributed by atoms with Crippen molar-refractivity contribution in [1.82, 2.24) is 5.32 Å². The van der Waals surface area contributed by atoms with E-state index in [-0.39, 0.29) is 23.9 Å². The minimum absolute atomic E-state index is 0.0311. The van der Waals surface area contributed by atoms with Crippen molar-refractivity contribution in [3.05, 3.63) is 39.9 Å². The number of esters is 1. The Morgan fingerprint density at radius 1 is 1.27 bits per heavy atom. The molecule has 0 fully saturated rings. The zero-order valence-electron chi connectivity index (χ0n) is 12.9. The average molecular weight is 308 g/mol. The highest BCUT2D eigenvalue weighted by atomic mass is 16.6. The van der Waals surface area contributed by atoms with E-state index in [0.29, 0.717) is 12.0 Å². The third kappa shape index (κ3) is 5.51. The highest BCUT2D eigenvalue weighted by molar-refractivity contribution is 5.85. The van der Waals surface area contributed by atoms with Crippen molar-refractivity contribution >= 4 is 17.6 Å². The Bertz CT molecular complexity index is 539. The van der Waals surface area contributed by atoms with Crippen LogP contribution in [-0.4, -0.2) is 30.0 Å². The molecule has 0 bridgehead atoms. The molecule has 0 aliphatic carbocycles. The van der Waals surface area contributed by atoms with E-state index < -0.39 is 16.9 Å². The van der Waals surface area contributed by atoms with Crippen molar-refractivity contribution in [2.24, 2.45) is 5.92 Å². The molecule has 1 aromatic rings. The van der Waals surface area contributed by atoms with Crippen molar-refractivity contribution in [3.8, 4) is 0 Å². The first-order valence-electron chi connectivity index (χ1n) is 6.94. The number of non-ortho nitro benzene ring substituents is 1. The van der Waals surface area contributed by atoms with Crippen LogP contribution in [0.5, 0.6) is 0 Å². The summed E-state index contributed by atoms with van der Waals surface area (Å²) in [6.07, 6.45) is 0.530. The Morgan fingerprint density at radius 3 is 2.32 bits per heavy atom. The lowest BCUT2D eigenvalue weighted by molar-refractivity contribution is -0.384. The highest BCUT2D eigenvalue weighted by Gasteiger charge is 2.22. The van der Waals surface area contributed by atoms with Gasteiger partial charge >= 0.3 is 5.97 Å². The molecule has 1 atom stereocenters. The number of methoxy groups -OCH3 is 1. The van der Waals surface area contributed by atoms with E-state index in [0.717, 1.165) is 0 Å². The first-order valence-corrected chi connectivity index (χ1v) is 6.94. The summed E-state index contributed by atoms with van der Waals surface area (Å²) in [5.41, 5.74) is 0.604. The van der Waals surface area contributed by atoms with Crippen LogP contribution in [-0.2, 0) is 20.7 Å². The second-order valence-corrected chi connectivity index (χ2v) is 5.37. The molecule has 7 nitrogen and oxygen atoms in total. The summed E-state index contributed by atoms with van der Waals surface area (Å²) in [5, 5.41) is 13.2. The van der Waals surface area contributed by atoms with Crippen LogP contribution in [0.2, 0.25) is 0 Å². The molecular formula is C15H20N2O5. The molecular weight excluding hydrogens is 288 g/mol. The fourth-order valence-corrected chi connectivity index (χ4v) is 1.99. The summed E-state index contributed by atoms with van der Waals surface area (Å²) in [6.45, 7) is 3.89. The Hall–Kier alpha value is -2.44. The van der Waals surface area contributed by atoms with Gasteiger partial charge in [-0.3, -0.25) is 14.9 Å². The smallest absolute Gasteiger partial charge is 0.328 e. The van der Waals surface area contributed by atoms with Gasteiger partial charge in [0.25, 0.3) is 5.69 Å². The van der Waals surface area contributed by atoms with E-state index in [9.17, 15) is 19.7 Å². The fourth-order valence-electron chi connectivity index (χ4n) is 1.99. The largest absolute Gasteiger partial charge is 0.467 e. The van der Waals surface area contributed by atoms with E-state index in [4.69, 9.17) is 0 Å². The number of benzene rings is 1. The number of nitro groups is 1. The monoisotopic (exact) mass is 308 g/mol. The zero-order valence-corrected chi connectivity index (χ0v) is 12.9. The molecule has 0 aliphatic rings. The van der Waals surface area contributed by atoms with E-state index in [1.165, 1.54) is 31.4 Å². The molecule has 1 rings (SSSR count). The van der Waals surface area contributed by atoms with Crippen molar-refractivity contribution in [1.29, 1.82) is 0 Å². The topological polar surface area (TPSA) is 98.5 Å². The molecule has 0 unspecified atom stereocenters. The van der Waals surface area contributed by atoms with Crippen molar-refractivity contribution in [2.75, 3.05) is 7.11 Å². The molecule has 120 valence electrons. The summed E-state index contributed by atoms with van der Waals surface area (Å²) < 4.78 is 4.68. The van der Waals surface area contributed by atoms with Crippen LogP contribution in [0.3, 0.4) is 0 Å². The molecule has 1 N–H and O–H groups in total. The lowest BCUT2D eigenvalue weighted by Crippen LogP contribution is -2.43. The first-order chi connectivity index (χ1) is 10.3. The van der Waals surface area contributed by atoms with Crippen LogP contribution >= 0.6 is 0 Å². The maximum absolute atomic E-state index is 12.0. The Morgan fingerprint density at radius 2 is 1.86 bits per heavy atom. The van der Waals surface area contributed by atoms with Crippen LogP contribution in [0.25, 0.3) is 0 Å². The number of carbonyl (C=O) groups excluding carboxylic acids is 2. The van der Waals surface area contributed by atoms with Gasteiger partial charge in [0.05, 0.1) is 18.5 Å². The van der Waals surface area contributed by atoms with Crippen molar-refractivity contribution < 1.29 is 19.2 Å². The predicted octanol–water partition coefficient (Wildman–Crippen LogP) is 1.84. The molecule has 1 amide bonds. The number of hydrogen-bond donors (Lipinski definition) is 1. The molecule has 0 heterocycles. The number of nitrogens with zero attached hydrogens (tertiary/aromatic N) is 1. The summed E-state index contributed by atoms with van der Waals surface area (Å²) in [7, 11) is 1.28. The fraction of sp³-hybridized carbons (Fsp3) is 0.467. The first kappa shape index (κ1) is 17.6. The van der Waals surface area contributed by atoms with E-state index in [1.807, 2.05) is 13.8 Å². The second kappa shape index (κ2) is 8.11. The van der Waals surface area contributed by atoms with Crippen LogP contribution in [0, 0.1) is 16.0 Å². The lowest BCUT2D eigenvalue weighted by atomic mass is 10.0. The van der Waals surface area contributed by atoms with Crippen LogP contribution in [0.4, 0.5) is 5.69 Å². The average Bonchev–Trinajstić information content (AvgIpc) is 2.45. The van der Waals surface area contributed by atoms with E-state index >= 15 is 0 Å². The van der Waals surface area contributed by atoms with Gasteiger partial charge in [-0.25, -0.2) is 4.79 Å². The summed E-state index contributed by atoms with van der Waals surface area (Å²) >= 11 is 0. The zero-order chi connectivity index (χ0) is 16.7. The van der Waals surface area contributed by atoms with Gasteiger partial charge in [0.1, 0.15) is 6.04 Å². The van der Waals surface area contributed by atoms with E-state index in [1.54, 1.807) is 0 Å². The normalized spacial score (nSPS) is 11.8. The predicted molar refractivity (Wildman–Crippen MR) is 80.2 cm³/mol. The SMILES string of the molecule is COC(=O)[C@H](CC(C)C)NC(=O)Cc1ccc([N+](=O)[O-])cc1. The minimum atomic E-state index is -0.685. The number of nitro benzene ring substituents is 1. The third-order valence-electron chi connectivity index (χ3n) is 3.04. The van der Waals surface area contributed by atoms with Gasteiger partial charge in [0.15, 0.2) is 0 Å². The summed E-state index contributed by atoms with van der Waals surface area (Å²) in [5.74, 6) is -0.584. The van der Waals surface area contributed by atoms with Gasteiger partial charge in [0.2, 0.25) is 5.91 Å². The third-order valence-corrected chi connectivity index (χ3v) is 3.04. The summed E-state index contributed by atoms with van der Waals surface area (Å²) in [4.78, 5) is 33.7. The number of amides is 1. The maximum atomic E-state index is 12.0. The molecule has 0 aromatic heterocycles. The Labute approximate surface area is 128 Å². The number of carbonyl (C=O) groups is 2. The van der Waals surface area contributed by atoms with Crippen LogP contribution in [0.1, 0.15) is 25.8 Å². The van der Waals surface area contributed by atoms with Gasteiger partial charge in [-0.1, -0.05) is 26.0 Å². The summed E-state index contributed by atoms with van der Waals surface area (Å²) in [6, 6.07) is 5.04. The maximum Gasteiger partial charge on any atom is 0.328 e. The lowest BCUT2D eigenvalue weighted by Gasteiger charge is -2.18. The van der Waals surface area contributed by atoms with E-state index in [2.05, 4.69) is 10.1 Å². The molecule has 0 radical (unpaired) electrons. The van der Waals surface area contributed by atoms with Crippen molar-refractivity contribution in [3.63, 3.8) is 0 Å². The number of hydrogen-bond acceptors (Lipinski definition) is 5. The van der Waals surface area contributed by atoms with Gasteiger partial charge in [0, 0.05) is 12.1 Å². The van der Waals surface area contributed by atoms with Gasteiger partial charge in [-0.15, -0.1) is 0 Å². The van der Waals surface area contributed by atoms with Crippen molar-refractivity contribution in [2.45, 2.75) is 32.7 Å². The van der Waals surface area contributed by atoms with Gasteiger partial charge < -0.3 is 10.1 Å². The molecule has 7 heteroatoms. The highest BCUT2D eigenvalue weighted by Crippen LogP contribution is 2.12.